The van der Waals surface area contributed by atoms with Gasteiger partial charge in [-0.1, -0.05) is 44.5 Å². The van der Waals surface area contributed by atoms with Crippen LogP contribution in [0.4, 0.5) is 0 Å². The maximum atomic E-state index is 11.9. The van der Waals surface area contributed by atoms with Crippen LogP contribution in [-0.4, -0.2) is 20.0 Å². The molecule has 0 aliphatic rings. The van der Waals surface area contributed by atoms with Crippen LogP contribution >= 0.6 is 11.6 Å². The lowest BCUT2D eigenvalue weighted by Gasteiger charge is -2.16. The summed E-state index contributed by atoms with van der Waals surface area (Å²) in [4.78, 5) is 11.7. The van der Waals surface area contributed by atoms with Crippen LogP contribution in [0.5, 0.6) is 0 Å². The second-order valence-corrected chi connectivity index (χ2v) is 7.83. The summed E-state index contributed by atoms with van der Waals surface area (Å²) in [5.41, 5.74) is 0.00804. The molecule has 0 unspecified atom stereocenters. The summed E-state index contributed by atoms with van der Waals surface area (Å²) in [6.45, 7) is 5.15. The van der Waals surface area contributed by atoms with Crippen LogP contribution < -0.4 is 0 Å². The highest BCUT2D eigenvalue weighted by Gasteiger charge is 2.26. The maximum Gasteiger partial charge on any atom is 0.161 e. The highest BCUT2D eigenvalue weighted by Crippen LogP contribution is 2.18. The summed E-state index contributed by atoms with van der Waals surface area (Å²) < 4.78 is 23.8. The van der Waals surface area contributed by atoms with Gasteiger partial charge in [0.2, 0.25) is 0 Å². The minimum atomic E-state index is -3.42. The Morgan fingerprint density at radius 1 is 1.17 bits per heavy atom. The SMILES string of the molecule is CC(C)(C)C(=O)CS(=O)(=O)Cc1ccc(Cl)cc1. The summed E-state index contributed by atoms with van der Waals surface area (Å²) in [5.74, 6) is -0.818. The standard InChI is InChI=1S/C13H17ClO3S/c1-13(2,3)12(15)9-18(16,17)8-10-4-6-11(14)7-5-10/h4-7H,8-9H2,1-3H3. The molecule has 0 saturated heterocycles. The van der Waals surface area contributed by atoms with Crippen LogP contribution in [0.1, 0.15) is 26.3 Å². The molecular weight excluding hydrogens is 272 g/mol. The Bertz CT molecular complexity index is 524. The molecule has 100 valence electrons. The van der Waals surface area contributed by atoms with E-state index >= 15 is 0 Å². The van der Waals surface area contributed by atoms with Crippen molar-refractivity contribution in [1.82, 2.24) is 0 Å². The van der Waals surface area contributed by atoms with Crippen molar-refractivity contribution in [2.24, 2.45) is 5.41 Å². The van der Waals surface area contributed by atoms with E-state index < -0.39 is 21.0 Å². The first kappa shape index (κ1) is 15.2. The van der Waals surface area contributed by atoms with Crippen molar-refractivity contribution >= 4 is 27.2 Å². The highest BCUT2D eigenvalue weighted by molar-refractivity contribution is 7.91. The molecule has 0 aliphatic heterocycles. The summed E-state index contributed by atoms with van der Waals surface area (Å²) in [5, 5.41) is 0.557. The van der Waals surface area contributed by atoms with E-state index in [9.17, 15) is 13.2 Å². The fraction of sp³-hybridized carbons (Fsp3) is 0.462. The number of benzene rings is 1. The summed E-state index contributed by atoms with van der Waals surface area (Å²) >= 11 is 5.72. The van der Waals surface area contributed by atoms with Gasteiger partial charge in [0.1, 0.15) is 5.75 Å². The third kappa shape index (κ3) is 4.78. The lowest BCUT2D eigenvalue weighted by Crippen LogP contribution is -2.28. The van der Waals surface area contributed by atoms with Gasteiger partial charge in [-0.05, 0) is 17.7 Å². The van der Waals surface area contributed by atoms with Crippen molar-refractivity contribution in [2.45, 2.75) is 26.5 Å². The van der Waals surface area contributed by atoms with Gasteiger partial charge in [0.25, 0.3) is 0 Å². The number of rotatable bonds is 4. The van der Waals surface area contributed by atoms with Crippen molar-refractivity contribution in [2.75, 3.05) is 5.75 Å². The van der Waals surface area contributed by atoms with Gasteiger partial charge in [0.15, 0.2) is 15.6 Å². The molecule has 0 amide bonds. The minimum absolute atomic E-state index is 0.133. The molecule has 5 heteroatoms. The molecule has 0 fully saturated rings. The second kappa shape index (κ2) is 5.41. The zero-order chi connectivity index (χ0) is 14.0. The predicted octanol–water partition coefficient (Wildman–Crippen LogP) is 2.87. The first-order valence-corrected chi connectivity index (χ1v) is 7.78. The van der Waals surface area contributed by atoms with E-state index in [1.807, 2.05) is 0 Å². The van der Waals surface area contributed by atoms with E-state index in [-0.39, 0.29) is 11.5 Å². The number of Topliss-reactive ketones (excluding diaryl/α,β-unsaturated/α-hetero) is 1. The zero-order valence-corrected chi connectivity index (χ0v) is 12.3. The highest BCUT2D eigenvalue weighted by atomic mass is 35.5. The van der Waals surface area contributed by atoms with Crippen molar-refractivity contribution in [3.63, 3.8) is 0 Å². The minimum Gasteiger partial charge on any atom is -0.298 e. The zero-order valence-electron chi connectivity index (χ0n) is 10.7. The fourth-order valence-electron chi connectivity index (χ4n) is 1.30. The van der Waals surface area contributed by atoms with E-state index in [2.05, 4.69) is 0 Å². The third-order valence-electron chi connectivity index (χ3n) is 2.49. The molecule has 18 heavy (non-hydrogen) atoms. The van der Waals surface area contributed by atoms with Gasteiger partial charge in [-0.2, -0.15) is 0 Å². The van der Waals surface area contributed by atoms with Gasteiger partial charge in [-0.25, -0.2) is 8.42 Å². The Morgan fingerprint density at radius 2 is 1.67 bits per heavy atom. The number of carbonyl (C=O) groups excluding carboxylic acids is 1. The van der Waals surface area contributed by atoms with E-state index in [0.717, 1.165) is 0 Å². The van der Waals surface area contributed by atoms with Gasteiger partial charge >= 0.3 is 0 Å². The molecule has 0 N–H and O–H groups in total. The molecule has 0 bridgehead atoms. The molecule has 0 radical (unpaired) electrons. The van der Waals surface area contributed by atoms with Gasteiger partial charge in [0, 0.05) is 10.4 Å². The molecule has 0 aliphatic carbocycles. The number of carbonyl (C=O) groups is 1. The number of sulfone groups is 1. The van der Waals surface area contributed by atoms with Gasteiger partial charge in [-0.15, -0.1) is 0 Å². The second-order valence-electron chi connectivity index (χ2n) is 5.33. The molecule has 3 nitrogen and oxygen atoms in total. The van der Waals surface area contributed by atoms with Crippen molar-refractivity contribution in [3.8, 4) is 0 Å². The van der Waals surface area contributed by atoms with Crippen molar-refractivity contribution < 1.29 is 13.2 Å². The van der Waals surface area contributed by atoms with Crippen LogP contribution in [0, 0.1) is 5.41 Å². The monoisotopic (exact) mass is 288 g/mol. The fourth-order valence-corrected chi connectivity index (χ4v) is 3.06. The summed E-state index contributed by atoms with van der Waals surface area (Å²) in [7, 11) is -3.42. The van der Waals surface area contributed by atoms with Gasteiger partial charge < -0.3 is 0 Å². The molecule has 0 spiro atoms. The molecule has 0 aromatic heterocycles. The molecule has 0 heterocycles. The quantitative estimate of drug-likeness (QED) is 0.856. The Balaban J connectivity index is 2.77. The maximum absolute atomic E-state index is 11.9. The smallest absolute Gasteiger partial charge is 0.161 e. The topological polar surface area (TPSA) is 51.2 Å². The molecule has 0 atom stereocenters. The summed E-state index contributed by atoms with van der Waals surface area (Å²) in [6, 6.07) is 6.58. The van der Waals surface area contributed by atoms with Crippen LogP contribution in [0.3, 0.4) is 0 Å². The number of hydrogen-bond acceptors (Lipinski definition) is 3. The molecule has 1 rings (SSSR count). The van der Waals surface area contributed by atoms with Crippen LogP contribution in [-0.2, 0) is 20.4 Å². The van der Waals surface area contributed by atoms with E-state index in [4.69, 9.17) is 11.6 Å². The van der Waals surface area contributed by atoms with E-state index in [1.54, 1.807) is 45.0 Å². The van der Waals surface area contributed by atoms with E-state index in [1.165, 1.54) is 0 Å². The summed E-state index contributed by atoms with van der Waals surface area (Å²) in [6.07, 6.45) is 0. The number of halogens is 1. The number of hydrogen-bond donors (Lipinski definition) is 0. The Kier molecular flexibility index (Phi) is 4.56. The third-order valence-corrected chi connectivity index (χ3v) is 4.21. The average Bonchev–Trinajstić information content (AvgIpc) is 2.19. The molecule has 1 aromatic carbocycles. The van der Waals surface area contributed by atoms with Crippen LogP contribution in [0.15, 0.2) is 24.3 Å². The molecule has 1 aromatic rings. The van der Waals surface area contributed by atoms with Gasteiger partial charge in [-0.3, -0.25) is 4.79 Å². The Labute approximate surface area is 113 Å². The lowest BCUT2D eigenvalue weighted by atomic mass is 9.92. The molecule has 0 saturated carbocycles. The van der Waals surface area contributed by atoms with Crippen molar-refractivity contribution in [3.05, 3.63) is 34.9 Å². The normalized spacial score (nSPS) is 12.4. The Morgan fingerprint density at radius 3 is 2.11 bits per heavy atom. The average molecular weight is 289 g/mol. The van der Waals surface area contributed by atoms with Crippen LogP contribution in [0.2, 0.25) is 5.02 Å². The first-order valence-electron chi connectivity index (χ1n) is 5.58. The van der Waals surface area contributed by atoms with Crippen LogP contribution in [0.25, 0.3) is 0 Å². The van der Waals surface area contributed by atoms with Crippen molar-refractivity contribution in [1.29, 1.82) is 0 Å². The van der Waals surface area contributed by atoms with Gasteiger partial charge in [0.05, 0.1) is 5.75 Å². The van der Waals surface area contributed by atoms with E-state index in [0.29, 0.717) is 10.6 Å². The largest absolute Gasteiger partial charge is 0.298 e. The number of ketones is 1. The first-order chi connectivity index (χ1) is 8.10. The lowest BCUT2D eigenvalue weighted by molar-refractivity contribution is -0.123. The molecular formula is C13H17ClO3S. The predicted molar refractivity (Wildman–Crippen MR) is 73.4 cm³/mol. The Hall–Kier alpha value is -0.870.